The molecule has 0 atom stereocenters. The topological polar surface area (TPSA) is 30.9 Å². The molecule has 0 saturated carbocycles. The molecule has 3 rings (SSSR count). The van der Waals surface area contributed by atoms with Crippen molar-refractivity contribution < 1.29 is 14.2 Å². The van der Waals surface area contributed by atoms with Gasteiger partial charge in [0, 0.05) is 6.54 Å². The maximum absolute atomic E-state index is 5.97. The Balaban J connectivity index is 0.00000133. The van der Waals surface area contributed by atoms with E-state index in [4.69, 9.17) is 25.8 Å². The molecule has 106 valence electrons. The van der Waals surface area contributed by atoms with Crippen LogP contribution in [0.4, 0.5) is 0 Å². The van der Waals surface area contributed by atoms with Crippen LogP contribution in [0.25, 0.3) is 0 Å². The number of hydrogen-bond donors (Lipinski definition) is 0. The summed E-state index contributed by atoms with van der Waals surface area (Å²) in [5.74, 6) is 0.110. The Bertz CT molecular complexity index is 446. The van der Waals surface area contributed by atoms with Crippen LogP contribution in [0.2, 0.25) is 0 Å². The normalized spacial score (nSPS) is 20.9. The number of fused-ring (bicyclic) bond motifs is 2. The van der Waals surface area contributed by atoms with Gasteiger partial charge in [0.1, 0.15) is 5.75 Å². The maximum Gasteiger partial charge on any atom is 0.212 e. The fourth-order valence-electron chi connectivity index (χ4n) is 2.76. The summed E-state index contributed by atoms with van der Waals surface area (Å²) in [6, 6.07) is 6.47. The first-order valence-corrected chi connectivity index (χ1v) is 6.55. The van der Waals surface area contributed by atoms with Crippen LogP contribution in [0.15, 0.2) is 18.2 Å². The van der Waals surface area contributed by atoms with Crippen LogP contribution in [0.1, 0.15) is 18.6 Å². The molecule has 0 unspecified atom stereocenters. The first-order chi connectivity index (χ1) is 8.79. The molecule has 4 nitrogen and oxygen atoms in total. The molecule has 1 aromatic rings. The zero-order chi connectivity index (χ0) is 12.6. The van der Waals surface area contributed by atoms with Crippen LogP contribution >= 0.6 is 11.6 Å². The molecule has 1 aromatic carbocycles. The fraction of sp³-hybridized carbons (Fsp3) is 0.571. The van der Waals surface area contributed by atoms with Gasteiger partial charge in [-0.15, -0.1) is 11.6 Å². The van der Waals surface area contributed by atoms with Crippen LogP contribution in [-0.2, 0) is 21.8 Å². The number of halogens is 1. The first kappa shape index (κ1) is 14.6. The lowest BCUT2D eigenvalue weighted by atomic mass is 9.93. The van der Waals surface area contributed by atoms with E-state index in [1.807, 2.05) is 12.1 Å². The van der Waals surface area contributed by atoms with Crippen molar-refractivity contribution in [1.29, 1.82) is 0 Å². The van der Waals surface area contributed by atoms with E-state index in [1.165, 1.54) is 0 Å². The second kappa shape index (κ2) is 5.67. The van der Waals surface area contributed by atoms with Crippen LogP contribution in [0, 0.1) is 0 Å². The molecule has 19 heavy (non-hydrogen) atoms. The molecular weight excluding hydrogens is 266 g/mol. The molecule has 0 radical (unpaired) electrons. The smallest absolute Gasteiger partial charge is 0.212 e. The third-order valence-electron chi connectivity index (χ3n) is 3.46. The second-order valence-electron chi connectivity index (χ2n) is 4.55. The van der Waals surface area contributed by atoms with Crippen molar-refractivity contribution in [3.8, 4) is 5.75 Å². The molecule has 2 heterocycles. The summed E-state index contributed by atoms with van der Waals surface area (Å²) in [6.07, 6.45) is 0. The van der Waals surface area contributed by atoms with Crippen LogP contribution in [-0.4, -0.2) is 37.8 Å². The molecule has 1 saturated heterocycles. The predicted molar refractivity (Wildman–Crippen MR) is 74.4 cm³/mol. The predicted octanol–water partition coefficient (Wildman–Crippen LogP) is 2.54. The maximum atomic E-state index is 5.97. The van der Waals surface area contributed by atoms with Gasteiger partial charge in [-0.1, -0.05) is 19.6 Å². The molecule has 0 aromatic heterocycles. The van der Waals surface area contributed by atoms with Crippen LogP contribution in [0.5, 0.6) is 5.75 Å². The molecule has 1 fully saturated rings. The molecule has 0 amide bonds. The molecular formula is C14H20ClNO3. The summed E-state index contributed by atoms with van der Waals surface area (Å²) in [5, 5.41) is 0. The number of rotatable bonds is 2. The lowest BCUT2D eigenvalue weighted by Crippen LogP contribution is -2.46. The fourth-order valence-corrected chi connectivity index (χ4v) is 2.92. The molecule has 2 aliphatic rings. The van der Waals surface area contributed by atoms with Crippen LogP contribution in [0.3, 0.4) is 0 Å². The van der Waals surface area contributed by atoms with Crippen molar-refractivity contribution in [2.45, 2.75) is 19.8 Å². The van der Waals surface area contributed by atoms with Crippen molar-refractivity contribution >= 4 is 11.6 Å². The zero-order valence-corrected chi connectivity index (χ0v) is 11.1. The van der Waals surface area contributed by atoms with Gasteiger partial charge < -0.3 is 14.2 Å². The summed E-state index contributed by atoms with van der Waals surface area (Å²) in [7, 11) is 1.67. The Morgan fingerprint density at radius 3 is 2.74 bits per heavy atom. The van der Waals surface area contributed by atoms with Crippen molar-refractivity contribution in [1.82, 2.24) is 4.90 Å². The average molecular weight is 286 g/mol. The molecule has 0 N–H and O–H groups in total. The Morgan fingerprint density at radius 2 is 2.11 bits per heavy atom. The highest BCUT2D eigenvalue weighted by Crippen LogP contribution is 2.43. The van der Waals surface area contributed by atoms with E-state index in [-0.39, 0.29) is 7.43 Å². The highest BCUT2D eigenvalue weighted by Gasteiger charge is 2.46. The minimum absolute atomic E-state index is 0. The SMILES string of the molecule is C.COc1cccc2c1C1(CN(CCl)C2)OCCO1. The Labute approximate surface area is 119 Å². The molecule has 5 heteroatoms. The summed E-state index contributed by atoms with van der Waals surface area (Å²) < 4.78 is 17.2. The summed E-state index contributed by atoms with van der Waals surface area (Å²) >= 11 is 5.97. The van der Waals surface area contributed by atoms with Crippen LogP contribution < -0.4 is 4.74 Å². The highest BCUT2D eigenvalue weighted by atomic mass is 35.5. The van der Waals surface area contributed by atoms with Gasteiger partial charge in [0.05, 0.1) is 38.4 Å². The van der Waals surface area contributed by atoms with E-state index >= 15 is 0 Å². The van der Waals surface area contributed by atoms with E-state index in [1.54, 1.807) is 7.11 Å². The van der Waals surface area contributed by atoms with E-state index < -0.39 is 5.79 Å². The lowest BCUT2D eigenvalue weighted by molar-refractivity contribution is -0.186. The summed E-state index contributed by atoms with van der Waals surface area (Å²) in [4.78, 5) is 2.11. The Morgan fingerprint density at radius 1 is 1.37 bits per heavy atom. The van der Waals surface area contributed by atoms with Gasteiger partial charge >= 0.3 is 0 Å². The number of benzene rings is 1. The molecule has 0 aliphatic carbocycles. The number of nitrogens with zero attached hydrogens (tertiary/aromatic N) is 1. The Hall–Kier alpha value is -0.810. The van der Waals surface area contributed by atoms with E-state index in [2.05, 4.69) is 11.0 Å². The Kier molecular flexibility index (Phi) is 4.36. The van der Waals surface area contributed by atoms with Gasteiger partial charge in [-0.3, -0.25) is 4.90 Å². The largest absolute Gasteiger partial charge is 0.496 e. The molecule has 2 aliphatic heterocycles. The lowest BCUT2D eigenvalue weighted by Gasteiger charge is -2.39. The number of alkyl halides is 1. The van der Waals surface area contributed by atoms with Crippen molar-refractivity contribution in [3.05, 3.63) is 29.3 Å². The number of ether oxygens (including phenoxy) is 3. The van der Waals surface area contributed by atoms with Gasteiger partial charge in [0.25, 0.3) is 0 Å². The van der Waals surface area contributed by atoms with Crippen molar-refractivity contribution in [2.24, 2.45) is 0 Å². The monoisotopic (exact) mass is 285 g/mol. The number of hydrogen-bond acceptors (Lipinski definition) is 4. The van der Waals surface area contributed by atoms with Gasteiger partial charge in [-0.2, -0.15) is 0 Å². The van der Waals surface area contributed by atoms with Gasteiger partial charge in [-0.25, -0.2) is 0 Å². The summed E-state index contributed by atoms with van der Waals surface area (Å²) in [6.45, 7) is 2.65. The molecule has 0 bridgehead atoms. The van der Waals surface area contributed by atoms with E-state index in [0.717, 1.165) is 23.4 Å². The quantitative estimate of drug-likeness (QED) is 0.617. The van der Waals surface area contributed by atoms with Gasteiger partial charge in [0.15, 0.2) is 0 Å². The minimum Gasteiger partial charge on any atom is -0.496 e. The minimum atomic E-state index is -0.713. The average Bonchev–Trinajstić information content (AvgIpc) is 2.86. The highest BCUT2D eigenvalue weighted by molar-refractivity contribution is 6.17. The van der Waals surface area contributed by atoms with Gasteiger partial charge in [0.2, 0.25) is 5.79 Å². The van der Waals surface area contributed by atoms with E-state index in [0.29, 0.717) is 25.8 Å². The van der Waals surface area contributed by atoms with E-state index in [9.17, 15) is 0 Å². The number of methoxy groups -OCH3 is 1. The third kappa shape index (κ3) is 2.34. The first-order valence-electron chi connectivity index (χ1n) is 6.02. The standard InChI is InChI=1S/C13H16ClNO3.CH4/c1-16-11-4-2-3-10-7-15(9-14)8-13(12(10)11)17-5-6-18-13;/h2-4H,5-9H2,1H3;1H4. The second-order valence-corrected chi connectivity index (χ2v) is 4.79. The third-order valence-corrected chi connectivity index (χ3v) is 3.80. The van der Waals surface area contributed by atoms with Crippen molar-refractivity contribution in [3.63, 3.8) is 0 Å². The molecule has 1 spiro atoms. The van der Waals surface area contributed by atoms with Crippen molar-refractivity contribution in [2.75, 3.05) is 32.9 Å². The summed E-state index contributed by atoms with van der Waals surface area (Å²) in [5.41, 5.74) is 2.18. The zero-order valence-electron chi connectivity index (χ0n) is 10.3. The van der Waals surface area contributed by atoms with Gasteiger partial charge in [-0.05, 0) is 11.6 Å².